The number of hydrogen-bond donors (Lipinski definition) is 2. The highest BCUT2D eigenvalue weighted by molar-refractivity contribution is 7.92. The molecule has 156 valence electrons. The van der Waals surface area contributed by atoms with Gasteiger partial charge >= 0.3 is 0 Å². The van der Waals surface area contributed by atoms with Gasteiger partial charge in [-0.05, 0) is 50.2 Å². The third-order valence-corrected chi connectivity index (χ3v) is 5.96. The number of nitrogens with zero attached hydrogens (tertiary/aromatic N) is 1. The molecule has 0 aliphatic carbocycles. The van der Waals surface area contributed by atoms with Crippen LogP contribution < -0.4 is 19.5 Å². The van der Waals surface area contributed by atoms with E-state index in [1.807, 2.05) is 6.07 Å². The van der Waals surface area contributed by atoms with Gasteiger partial charge in [0.25, 0.3) is 15.9 Å². The molecular formula is C20H19N3O6S. The van der Waals surface area contributed by atoms with Crippen molar-refractivity contribution in [1.29, 1.82) is 0 Å². The van der Waals surface area contributed by atoms with Gasteiger partial charge in [0.1, 0.15) is 6.61 Å². The molecule has 0 radical (unpaired) electrons. The number of aryl methyl sites for hydroxylation is 1. The van der Waals surface area contributed by atoms with Crippen LogP contribution in [0.1, 0.15) is 11.3 Å². The fraction of sp³-hybridized carbons (Fsp3) is 0.200. The number of amides is 1. The summed E-state index contributed by atoms with van der Waals surface area (Å²) in [5, 5.41) is 6.42. The second-order valence-electron chi connectivity index (χ2n) is 6.71. The summed E-state index contributed by atoms with van der Waals surface area (Å²) in [5.74, 6) is 0.751. The molecule has 0 unspecified atom stereocenters. The molecule has 0 spiro atoms. The van der Waals surface area contributed by atoms with Crippen molar-refractivity contribution in [2.45, 2.75) is 24.8 Å². The Labute approximate surface area is 173 Å². The zero-order valence-corrected chi connectivity index (χ0v) is 17.0. The molecule has 0 fully saturated rings. The van der Waals surface area contributed by atoms with E-state index in [-0.39, 0.29) is 17.4 Å². The minimum atomic E-state index is -3.86. The van der Waals surface area contributed by atoms with Gasteiger partial charge in [-0.25, -0.2) is 13.1 Å². The second-order valence-corrected chi connectivity index (χ2v) is 8.39. The van der Waals surface area contributed by atoms with Crippen LogP contribution in [-0.2, 0) is 14.8 Å². The Kier molecular flexibility index (Phi) is 5.08. The van der Waals surface area contributed by atoms with E-state index >= 15 is 0 Å². The molecule has 4 rings (SSSR count). The Morgan fingerprint density at radius 3 is 2.43 bits per heavy atom. The monoisotopic (exact) mass is 429 g/mol. The van der Waals surface area contributed by atoms with E-state index in [2.05, 4.69) is 15.2 Å². The number of anilines is 2. The van der Waals surface area contributed by atoms with Gasteiger partial charge in [0.2, 0.25) is 12.0 Å². The summed E-state index contributed by atoms with van der Waals surface area (Å²) in [6, 6.07) is 12.8. The van der Waals surface area contributed by atoms with E-state index in [0.717, 1.165) is 0 Å². The largest absolute Gasteiger partial charge is 0.485 e. The Balaban J connectivity index is 1.42. The summed E-state index contributed by atoms with van der Waals surface area (Å²) in [5.41, 5.74) is 1.63. The topological polar surface area (TPSA) is 120 Å². The van der Waals surface area contributed by atoms with Gasteiger partial charge in [-0.3, -0.25) is 4.79 Å². The summed E-state index contributed by atoms with van der Waals surface area (Å²) < 4.78 is 43.6. The van der Waals surface area contributed by atoms with Crippen molar-refractivity contribution in [2.75, 3.05) is 16.6 Å². The number of para-hydroxylation sites is 2. The zero-order chi connectivity index (χ0) is 21.3. The highest BCUT2D eigenvalue weighted by atomic mass is 32.2. The first-order chi connectivity index (χ1) is 14.3. The van der Waals surface area contributed by atoms with Gasteiger partial charge in [0.05, 0.1) is 10.6 Å². The molecule has 1 aromatic heterocycles. The van der Waals surface area contributed by atoms with Gasteiger partial charge < -0.3 is 19.3 Å². The SMILES string of the molecule is Cc1noc(NS(=O)(=O)c2ccc(NC(=O)[C@@H]3COc4ccccc4O3)cc2)c1C. The fourth-order valence-electron chi connectivity index (χ4n) is 2.78. The van der Waals surface area contributed by atoms with Crippen molar-refractivity contribution >= 4 is 27.5 Å². The van der Waals surface area contributed by atoms with E-state index in [9.17, 15) is 13.2 Å². The third-order valence-electron chi connectivity index (χ3n) is 4.62. The molecule has 2 N–H and O–H groups in total. The number of hydrogen-bond acceptors (Lipinski definition) is 7. The maximum atomic E-state index is 12.5. The Bertz CT molecular complexity index is 1190. The lowest BCUT2D eigenvalue weighted by atomic mass is 10.2. The number of carbonyl (C=O) groups excluding carboxylic acids is 1. The Hall–Kier alpha value is -3.53. The number of rotatable bonds is 5. The summed E-state index contributed by atoms with van der Waals surface area (Å²) in [6.45, 7) is 3.50. The van der Waals surface area contributed by atoms with E-state index < -0.39 is 22.0 Å². The van der Waals surface area contributed by atoms with Gasteiger partial charge in [-0.2, -0.15) is 0 Å². The van der Waals surface area contributed by atoms with E-state index in [0.29, 0.717) is 28.4 Å². The summed E-state index contributed by atoms with van der Waals surface area (Å²) in [6.07, 6.45) is -0.817. The lowest BCUT2D eigenvalue weighted by Gasteiger charge is -2.25. The molecule has 0 saturated carbocycles. The van der Waals surface area contributed by atoms with Crippen LogP contribution in [0.5, 0.6) is 11.5 Å². The first kappa shape index (κ1) is 19.8. The molecule has 2 heterocycles. The molecule has 9 nitrogen and oxygen atoms in total. The van der Waals surface area contributed by atoms with Crippen LogP contribution in [0.3, 0.4) is 0 Å². The van der Waals surface area contributed by atoms with E-state index in [1.54, 1.807) is 32.0 Å². The molecule has 0 bridgehead atoms. The number of sulfonamides is 1. The molecule has 2 aromatic carbocycles. The van der Waals surface area contributed by atoms with E-state index in [4.69, 9.17) is 14.0 Å². The normalized spacial score (nSPS) is 15.5. The van der Waals surface area contributed by atoms with Crippen molar-refractivity contribution in [2.24, 2.45) is 0 Å². The van der Waals surface area contributed by atoms with Gasteiger partial charge in [0.15, 0.2) is 11.5 Å². The Morgan fingerprint density at radius 1 is 1.07 bits per heavy atom. The molecule has 1 amide bonds. The van der Waals surface area contributed by atoms with Crippen molar-refractivity contribution in [3.63, 3.8) is 0 Å². The second kappa shape index (κ2) is 7.71. The summed E-state index contributed by atoms with van der Waals surface area (Å²) in [4.78, 5) is 12.5. The molecule has 3 aromatic rings. The third kappa shape index (κ3) is 3.94. The predicted octanol–water partition coefficient (Wildman–Crippen LogP) is 2.87. The van der Waals surface area contributed by atoms with Gasteiger partial charge in [-0.1, -0.05) is 17.3 Å². The molecule has 1 aliphatic rings. The van der Waals surface area contributed by atoms with Crippen LogP contribution in [0.25, 0.3) is 0 Å². The van der Waals surface area contributed by atoms with Crippen LogP contribution in [0, 0.1) is 13.8 Å². The van der Waals surface area contributed by atoms with Crippen LogP contribution in [-0.4, -0.2) is 32.2 Å². The van der Waals surface area contributed by atoms with Crippen LogP contribution >= 0.6 is 0 Å². The van der Waals surface area contributed by atoms with Crippen LogP contribution in [0.15, 0.2) is 57.9 Å². The fourth-order valence-corrected chi connectivity index (χ4v) is 3.83. The average Bonchev–Trinajstić information content (AvgIpc) is 3.05. The first-order valence-corrected chi connectivity index (χ1v) is 10.6. The van der Waals surface area contributed by atoms with Gasteiger partial charge in [-0.15, -0.1) is 0 Å². The first-order valence-electron chi connectivity index (χ1n) is 9.08. The molecule has 10 heteroatoms. The molecule has 30 heavy (non-hydrogen) atoms. The molecule has 1 aliphatic heterocycles. The quantitative estimate of drug-likeness (QED) is 0.640. The molecule has 1 atom stereocenters. The highest BCUT2D eigenvalue weighted by Gasteiger charge is 2.27. The lowest BCUT2D eigenvalue weighted by Crippen LogP contribution is -2.40. The summed E-state index contributed by atoms with van der Waals surface area (Å²) in [7, 11) is -3.86. The number of carbonyl (C=O) groups is 1. The number of fused-ring (bicyclic) bond motifs is 1. The minimum Gasteiger partial charge on any atom is -0.485 e. The Morgan fingerprint density at radius 2 is 1.77 bits per heavy atom. The number of nitrogens with one attached hydrogen (secondary N) is 2. The van der Waals surface area contributed by atoms with Crippen molar-refractivity contribution in [1.82, 2.24) is 5.16 Å². The number of aromatic nitrogens is 1. The maximum absolute atomic E-state index is 12.5. The standard InChI is InChI=1S/C20H19N3O6S/c1-12-13(2)22-29-20(12)23-30(25,26)15-9-7-14(8-10-15)21-19(24)18-11-27-16-5-3-4-6-17(16)28-18/h3-10,18,23H,11H2,1-2H3,(H,21,24)/t18-/m0/s1. The lowest BCUT2D eigenvalue weighted by molar-refractivity contribution is -0.125. The number of benzene rings is 2. The highest BCUT2D eigenvalue weighted by Crippen LogP contribution is 2.31. The van der Waals surface area contributed by atoms with Gasteiger partial charge in [0, 0.05) is 11.3 Å². The predicted molar refractivity (Wildman–Crippen MR) is 108 cm³/mol. The maximum Gasteiger partial charge on any atom is 0.269 e. The smallest absolute Gasteiger partial charge is 0.269 e. The van der Waals surface area contributed by atoms with Crippen molar-refractivity contribution < 1.29 is 27.2 Å². The zero-order valence-electron chi connectivity index (χ0n) is 16.2. The van der Waals surface area contributed by atoms with Crippen molar-refractivity contribution in [3.8, 4) is 11.5 Å². The van der Waals surface area contributed by atoms with Crippen LogP contribution in [0.2, 0.25) is 0 Å². The number of ether oxygens (including phenoxy) is 2. The van der Waals surface area contributed by atoms with Crippen LogP contribution in [0.4, 0.5) is 11.6 Å². The molecular weight excluding hydrogens is 410 g/mol. The van der Waals surface area contributed by atoms with Crippen molar-refractivity contribution in [3.05, 3.63) is 59.8 Å². The van der Waals surface area contributed by atoms with E-state index in [1.165, 1.54) is 24.3 Å². The molecule has 0 saturated heterocycles. The average molecular weight is 429 g/mol. The minimum absolute atomic E-state index is 0.0140. The summed E-state index contributed by atoms with van der Waals surface area (Å²) >= 11 is 0.